The number of thiophene rings is 1. The smallest absolute Gasteiger partial charge is 0.107 e. The molecule has 5 heteroatoms. The SMILES string of the molecule is Cc1cc(Br)ccc1NCc1cc(Br)c(Cl)s1. The Labute approximate surface area is 126 Å². The molecule has 1 aromatic carbocycles. The van der Waals surface area contributed by atoms with Crippen LogP contribution >= 0.6 is 54.8 Å². The minimum absolute atomic E-state index is 0.790. The average molecular weight is 396 g/mol. The predicted octanol–water partition coefficient (Wildman–Crippen LogP) is 5.85. The van der Waals surface area contributed by atoms with Crippen LogP contribution in [0.25, 0.3) is 0 Å². The fraction of sp³-hybridized carbons (Fsp3) is 0.167. The zero-order valence-electron chi connectivity index (χ0n) is 9.06. The van der Waals surface area contributed by atoms with E-state index in [2.05, 4.69) is 56.2 Å². The van der Waals surface area contributed by atoms with E-state index in [4.69, 9.17) is 11.6 Å². The van der Waals surface area contributed by atoms with Gasteiger partial charge in [0, 0.05) is 26.1 Å². The third kappa shape index (κ3) is 3.47. The Hall–Kier alpha value is -0.0300. The topological polar surface area (TPSA) is 12.0 Å². The zero-order chi connectivity index (χ0) is 12.4. The maximum Gasteiger partial charge on any atom is 0.107 e. The maximum atomic E-state index is 6.00. The lowest BCUT2D eigenvalue weighted by Gasteiger charge is -2.08. The highest BCUT2D eigenvalue weighted by molar-refractivity contribution is 9.10. The van der Waals surface area contributed by atoms with Gasteiger partial charge in [0.05, 0.1) is 0 Å². The average Bonchev–Trinajstić information content (AvgIpc) is 2.57. The standard InChI is InChI=1S/C12H10Br2ClNS/c1-7-4-8(13)2-3-11(7)16-6-9-5-10(14)12(15)17-9/h2-5,16H,6H2,1H3. The summed E-state index contributed by atoms with van der Waals surface area (Å²) in [6.45, 7) is 2.88. The Morgan fingerprint density at radius 2 is 2.06 bits per heavy atom. The molecule has 0 bridgehead atoms. The summed E-state index contributed by atoms with van der Waals surface area (Å²) >= 11 is 14.5. The summed E-state index contributed by atoms with van der Waals surface area (Å²) < 4.78 is 2.87. The van der Waals surface area contributed by atoms with Gasteiger partial charge in [-0.05, 0) is 52.7 Å². The number of benzene rings is 1. The van der Waals surface area contributed by atoms with Crippen LogP contribution in [0.1, 0.15) is 10.4 Å². The molecular weight excluding hydrogens is 385 g/mol. The first-order valence-corrected chi connectivity index (χ1v) is 7.78. The van der Waals surface area contributed by atoms with E-state index in [0.29, 0.717) is 0 Å². The van der Waals surface area contributed by atoms with E-state index in [1.807, 2.05) is 12.1 Å². The molecule has 0 saturated carbocycles. The van der Waals surface area contributed by atoms with E-state index in [-0.39, 0.29) is 0 Å². The molecule has 2 rings (SSSR count). The molecule has 1 aromatic heterocycles. The van der Waals surface area contributed by atoms with Crippen molar-refractivity contribution >= 4 is 60.5 Å². The van der Waals surface area contributed by atoms with Gasteiger partial charge in [-0.2, -0.15) is 0 Å². The number of hydrogen-bond acceptors (Lipinski definition) is 2. The van der Waals surface area contributed by atoms with Crippen LogP contribution in [0.5, 0.6) is 0 Å². The van der Waals surface area contributed by atoms with Gasteiger partial charge < -0.3 is 5.32 Å². The molecule has 1 nitrogen and oxygen atoms in total. The Kier molecular flexibility index (Phi) is 4.53. The summed E-state index contributed by atoms with van der Waals surface area (Å²) in [5.74, 6) is 0. The van der Waals surface area contributed by atoms with Gasteiger partial charge in [-0.25, -0.2) is 0 Å². The second-order valence-electron chi connectivity index (χ2n) is 3.65. The van der Waals surface area contributed by atoms with E-state index in [1.165, 1.54) is 10.4 Å². The Balaban J connectivity index is 2.07. The van der Waals surface area contributed by atoms with Crippen LogP contribution in [0.3, 0.4) is 0 Å². The molecule has 0 radical (unpaired) electrons. The molecule has 0 fully saturated rings. The van der Waals surface area contributed by atoms with Crippen LogP contribution in [0.2, 0.25) is 4.34 Å². The first-order valence-electron chi connectivity index (χ1n) is 5.00. The molecule has 0 atom stereocenters. The lowest BCUT2D eigenvalue weighted by atomic mass is 10.2. The molecular formula is C12H10Br2ClNS. The third-order valence-electron chi connectivity index (χ3n) is 2.34. The highest BCUT2D eigenvalue weighted by atomic mass is 79.9. The molecule has 0 aliphatic heterocycles. The Morgan fingerprint density at radius 3 is 2.65 bits per heavy atom. The Morgan fingerprint density at radius 1 is 1.29 bits per heavy atom. The summed E-state index contributed by atoms with van der Waals surface area (Å²) in [6, 6.07) is 8.25. The van der Waals surface area contributed by atoms with Gasteiger partial charge in [0.15, 0.2) is 0 Å². The lowest BCUT2D eigenvalue weighted by molar-refractivity contribution is 1.18. The minimum atomic E-state index is 0.790. The quantitative estimate of drug-likeness (QED) is 0.688. The third-order valence-corrected chi connectivity index (χ3v) is 5.31. The normalized spacial score (nSPS) is 10.6. The van der Waals surface area contributed by atoms with Crippen molar-refractivity contribution in [2.75, 3.05) is 5.32 Å². The van der Waals surface area contributed by atoms with Crippen LogP contribution in [0.4, 0.5) is 5.69 Å². The molecule has 90 valence electrons. The molecule has 0 aliphatic rings. The van der Waals surface area contributed by atoms with Gasteiger partial charge in [-0.1, -0.05) is 27.5 Å². The van der Waals surface area contributed by atoms with E-state index in [1.54, 1.807) is 11.3 Å². The van der Waals surface area contributed by atoms with Gasteiger partial charge in [-0.15, -0.1) is 11.3 Å². The van der Waals surface area contributed by atoms with Gasteiger partial charge in [0.2, 0.25) is 0 Å². The molecule has 0 aliphatic carbocycles. The van der Waals surface area contributed by atoms with Crippen molar-refractivity contribution in [3.63, 3.8) is 0 Å². The molecule has 0 spiro atoms. The monoisotopic (exact) mass is 393 g/mol. The second-order valence-corrected chi connectivity index (χ2v) is 7.16. The van der Waals surface area contributed by atoms with Crippen LogP contribution in [0.15, 0.2) is 33.2 Å². The fourth-order valence-electron chi connectivity index (χ4n) is 1.49. The number of hydrogen-bond donors (Lipinski definition) is 1. The van der Waals surface area contributed by atoms with E-state index in [0.717, 1.165) is 25.5 Å². The van der Waals surface area contributed by atoms with Crippen molar-refractivity contribution in [2.45, 2.75) is 13.5 Å². The molecule has 0 unspecified atom stereocenters. The van der Waals surface area contributed by atoms with Gasteiger partial charge in [0.25, 0.3) is 0 Å². The number of nitrogens with one attached hydrogen (secondary N) is 1. The van der Waals surface area contributed by atoms with Crippen LogP contribution in [-0.2, 0) is 6.54 Å². The second kappa shape index (κ2) is 5.74. The van der Waals surface area contributed by atoms with Gasteiger partial charge >= 0.3 is 0 Å². The first-order chi connectivity index (χ1) is 8.06. The Bertz CT molecular complexity index is 520. The molecule has 1 heterocycles. The van der Waals surface area contributed by atoms with E-state index < -0.39 is 0 Å². The molecule has 0 saturated heterocycles. The number of anilines is 1. The lowest BCUT2D eigenvalue weighted by Crippen LogP contribution is -1.99. The zero-order valence-corrected chi connectivity index (χ0v) is 13.8. The molecule has 0 amide bonds. The van der Waals surface area contributed by atoms with Crippen LogP contribution < -0.4 is 5.32 Å². The van der Waals surface area contributed by atoms with E-state index in [9.17, 15) is 0 Å². The summed E-state index contributed by atoms with van der Waals surface area (Å²) in [7, 11) is 0. The van der Waals surface area contributed by atoms with Crippen molar-refractivity contribution in [3.05, 3.63) is 48.0 Å². The maximum absolute atomic E-state index is 6.00. The number of aryl methyl sites for hydroxylation is 1. The van der Waals surface area contributed by atoms with Crippen molar-refractivity contribution in [1.29, 1.82) is 0 Å². The molecule has 1 N–H and O–H groups in total. The number of halogens is 3. The number of rotatable bonds is 3. The van der Waals surface area contributed by atoms with Crippen LogP contribution in [-0.4, -0.2) is 0 Å². The molecule has 2 aromatic rings. The van der Waals surface area contributed by atoms with Crippen molar-refractivity contribution < 1.29 is 0 Å². The largest absolute Gasteiger partial charge is 0.380 e. The van der Waals surface area contributed by atoms with Gasteiger partial charge in [0.1, 0.15) is 4.34 Å². The molecule has 17 heavy (non-hydrogen) atoms. The summed E-state index contributed by atoms with van der Waals surface area (Å²) in [5.41, 5.74) is 2.37. The van der Waals surface area contributed by atoms with Crippen LogP contribution in [0, 0.1) is 6.92 Å². The minimum Gasteiger partial charge on any atom is -0.380 e. The predicted molar refractivity (Wildman–Crippen MR) is 83.2 cm³/mol. The highest BCUT2D eigenvalue weighted by Gasteiger charge is 2.05. The van der Waals surface area contributed by atoms with Crippen molar-refractivity contribution in [1.82, 2.24) is 0 Å². The summed E-state index contributed by atoms with van der Waals surface area (Å²) in [6.07, 6.45) is 0. The van der Waals surface area contributed by atoms with Crippen molar-refractivity contribution in [3.8, 4) is 0 Å². The fourth-order valence-corrected chi connectivity index (χ4v) is 3.69. The van der Waals surface area contributed by atoms with Gasteiger partial charge in [-0.3, -0.25) is 0 Å². The first kappa shape index (κ1) is 13.4. The van der Waals surface area contributed by atoms with E-state index >= 15 is 0 Å². The summed E-state index contributed by atoms with van der Waals surface area (Å²) in [4.78, 5) is 1.21. The van der Waals surface area contributed by atoms with Crippen molar-refractivity contribution in [2.24, 2.45) is 0 Å². The highest BCUT2D eigenvalue weighted by Crippen LogP contribution is 2.32. The summed E-state index contributed by atoms with van der Waals surface area (Å²) in [5, 5.41) is 3.41.